The maximum Gasteiger partial charge on any atom is 0.290 e. The Balaban J connectivity index is 0.00000182. The van der Waals surface area contributed by atoms with Gasteiger partial charge in [0.15, 0.2) is 5.76 Å². The maximum absolute atomic E-state index is 13.2. The molecule has 1 atom stereocenters. The van der Waals surface area contributed by atoms with Gasteiger partial charge in [-0.1, -0.05) is 24.3 Å². The van der Waals surface area contributed by atoms with E-state index in [1.807, 2.05) is 54.4 Å². The van der Waals surface area contributed by atoms with Crippen molar-refractivity contribution in [3.63, 3.8) is 0 Å². The fourth-order valence-electron chi connectivity index (χ4n) is 3.33. The monoisotopic (exact) mass is 357 g/mol. The van der Waals surface area contributed by atoms with E-state index in [9.17, 15) is 4.79 Å². The van der Waals surface area contributed by atoms with Crippen molar-refractivity contribution >= 4 is 29.3 Å². The van der Waals surface area contributed by atoms with Crippen LogP contribution in [0.2, 0.25) is 0 Å². The fourth-order valence-corrected chi connectivity index (χ4v) is 3.33. The number of rotatable bonds is 2. The number of pyridine rings is 1. The summed E-state index contributed by atoms with van der Waals surface area (Å²) >= 11 is 0. The number of hydrogen-bond donors (Lipinski definition) is 1. The molecular weight excluding hydrogens is 338 g/mol. The molecule has 0 saturated carbocycles. The number of benzene rings is 1. The minimum atomic E-state index is -0.0564. The highest BCUT2D eigenvalue weighted by molar-refractivity contribution is 5.99. The summed E-state index contributed by atoms with van der Waals surface area (Å²) in [7, 11) is 0. The summed E-state index contributed by atoms with van der Waals surface area (Å²) in [5.41, 5.74) is 2.69. The molecule has 3 aromatic rings. The zero-order chi connectivity index (χ0) is 16.5. The number of aryl methyl sites for hydroxylation is 1. The van der Waals surface area contributed by atoms with Crippen LogP contribution in [0.25, 0.3) is 11.0 Å². The van der Waals surface area contributed by atoms with Gasteiger partial charge in [0.1, 0.15) is 5.58 Å². The molecule has 25 heavy (non-hydrogen) atoms. The van der Waals surface area contributed by atoms with E-state index in [4.69, 9.17) is 4.42 Å². The third-order valence-corrected chi connectivity index (χ3v) is 4.61. The van der Waals surface area contributed by atoms with Gasteiger partial charge < -0.3 is 14.6 Å². The van der Waals surface area contributed by atoms with E-state index in [2.05, 4.69) is 10.3 Å². The number of nitrogens with zero attached hydrogens (tertiary/aromatic N) is 2. The summed E-state index contributed by atoms with van der Waals surface area (Å²) in [6.07, 6.45) is 3.57. The summed E-state index contributed by atoms with van der Waals surface area (Å²) in [5, 5.41) is 4.35. The van der Waals surface area contributed by atoms with Crippen LogP contribution in [0.3, 0.4) is 0 Å². The molecule has 6 heteroatoms. The summed E-state index contributed by atoms with van der Waals surface area (Å²) in [6.45, 7) is 4.09. The number of amides is 1. The van der Waals surface area contributed by atoms with Crippen molar-refractivity contribution in [1.82, 2.24) is 15.2 Å². The molecule has 4 rings (SSSR count). The quantitative estimate of drug-likeness (QED) is 0.764. The Bertz CT molecular complexity index is 879. The number of carbonyl (C=O) groups excluding carboxylic acids is 1. The number of piperazine rings is 1. The lowest BCUT2D eigenvalue weighted by Gasteiger charge is -2.36. The molecule has 130 valence electrons. The fraction of sp³-hybridized carbons (Fsp3) is 0.263. The van der Waals surface area contributed by atoms with Crippen LogP contribution >= 0.6 is 12.4 Å². The summed E-state index contributed by atoms with van der Waals surface area (Å²) in [6, 6.07) is 11.6. The molecule has 0 spiro atoms. The number of aromatic nitrogens is 1. The van der Waals surface area contributed by atoms with Crippen LogP contribution in [0, 0.1) is 6.92 Å². The first-order chi connectivity index (χ1) is 11.8. The molecule has 1 aliphatic heterocycles. The first-order valence-corrected chi connectivity index (χ1v) is 8.15. The number of furan rings is 1. The Morgan fingerprint density at radius 1 is 1.28 bits per heavy atom. The van der Waals surface area contributed by atoms with Crippen LogP contribution < -0.4 is 5.32 Å². The molecule has 2 aromatic heterocycles. The molecule has 1 amide bonds. The van der Waals surface area contributed by atoms with Crippen molar-refractivity contribution in [1.29, 1.82) is 0 Å². The van der Waals surface area contributed by atoms with Crippen molar-refractivity contribution < 1.29 is 9.21 Å². The largest absolute Gasteiger partial charge is 0.451 e. The van der Waals surface area contributed by atoms with Gasteiger partial charge in [-0.25, -0.2) is 0 Å². The van der Waals surface area contributed by atoms with E-state index in [0.717, 1.165) is 35.2 Å². The smallest absolute Gasteiger partial charge is 0.290 e. The predicted octanol–water partition coefficient (Wildman–Crippen LogP) is 3.34. The molecule has 1 fully saturated rings. The predicted molar refractivity (Wildman–Crippen MR) is 99.1 cm³/mol. The molecule has 0 radical (unpaired) electrons. The van der Waals surface area contributed by atoms with Gasteiger partial charge in [0.25, 0.3) is 5.91 Å². The number of fused-ring (bicyclic) bond motifs is 1. The van der Waals surface area contributed by atoms with Gasteiger partial charge in [0, 0.05) is 43.0 Å². The Labute approximate surface area is 152 Å². The topological polar surface area (TPSA) is 58.4 Å². The van der Waals surface area contributed by atoms with E-state index < -0.39 is 0 Å². The number of nitrogens with one attached hydrogen (secondary N) is 1. The average molecular weight is 358 g/mol. The third-order valence-electron chi connectivity index (χ3n) is 4.61. The minimum absolute atomic E-state index is 0. The molecule has 5 nitrogen and oxygen atoms in total. The highest BCUT2D eigenvalue weighted by Gasteiger charge is 2.31. The number of hydrogen-bond acceptors (Lipinski definition) is 4. The van der Waals surface area contributed by atoms with Gasteiger partial charge >= 0.3 is 0 Å². The third kappa shape index (κ3) is 3.13. The second-order valence-electron chi connectivity index (χ2n) is 6.06. The van der Waals surface area contributed by atoms with Crippen LogP contribution in [0.4, 0.5) is 0 Å². The number of carbonyl (C=O) groups is 1. The zero-order valence-electron chi connectivity index (χ0n) is 13.9. The summed E-state index contributed by atoms with van der Waals surface area (Å²) < 4.78 is 5.87. The van der Waals surface area contributed by atoms with Gasteiger partial charge in [0.2, 0.25) is 0 Å². The van der Waals surface area contributed by atoms with Crippen molar-refractivity contribution in [2.24, 2.45) is 0 Å². The lowest BCUT2D eigenvalue weighted by molar-refractivity contribution is 0.0602. The Morgan fingerprint density at radius 2 is 2.12 bits per heavy atom. The molecule has 1 saturated heterocycles. The number of halogens is 1. The van der Waals surface area contributed by atoms with Gasteiger partial charge in [0.05, 0.1) is 6.04 Å². The number of para-hydroxylation sites is 1. The van der Waals surface area contributed by atoms with Gasteiger partial charge in [-0.3, -0.25) is 9.78 Å². The van der Waals surface area contributed by atoms with Gasteiger partial charge in [-0.05, 0) is 24.6 Å². The van der Waals surface area contributed by atoms with Crippen LogP contribution in [0.5, 0.6) is 0 Å². The Hall–Kier alpha value is -2.37. The highest BCUT2D eigenvalue weighted by Crippen LogP contribution is 2.29. The van der Waals surface area contributed by atoms with Crippen molar-refractivity contribution in [3.8, 4) is 0 Å². The normalized spacial score (nSPS) is 17.3. The van der Waals surface area contributed by atoms with E-state index in [0.29, 0.717) is 12.3 Å². The van der Waals surface area contributed by atoms with E-state index in [1.54, 1.807) is 6.20 Å². The van der Waals surface area contributed by atoms with E-state index in [1.165, 1.54) is 0 Å². The second kappa shape index (κ2) is 7.25. The second-order valence-corrected chi connectivity index (χ2v) is 6.06. The lowest BCUT2D eigenvalue weighted by atomic mass is 10.0. The Kier molecular flexibility index (Phi) is 5.06. The molecule has 0 aliphatic carbocycles. The van der Waals surface area contributed by atoms with Crippen molar-refractivity contribution in [2.45, 2.75) is 13.0 Å². The average Bonchev–Trinajstić information content (AvgIpc) is 2.99. The molecule has 1 aromatic carbocycles. The zero-order valence-corrected chi connectivity index (χ0v) is 14.8. The van der Waals surface area contributed by atoms with Gasteiger partial charge in [-0.15, -0.1) is 12.4 Å². The highest BCUT2D eigenvalue weighted by atomic mass is 35.5. The molecule has 1 N–H and O–H groups in total. The minimum Gasteiger partial charge on any atom is -0.451 e. The van der Waals surface area contributed by atoms with Crippen LogP contribution in [-0.4, -0.2) is 35.4 Å². The Morgan fingerprint density at radius 3 is 2.88 bits per heavy atom. The van der Waals surface area contributed by atoms with E-state index >= 15 is 0 Å². The van der Waals surface area contributed by atoms with Crippen LogP contribution in [0.15, 0.2) is 53.2 Å². The van der Waals surface area contributed by atoms with Crippen molar-refractivity contribution in [3.05, 3.63) is 65.7 Å². The molecule has 0 bridgehead atoms. The molecule has 1 aliphatic rings. The van der Waals surface area contributed by atoms with E-state index in [-0.39, 0.29) is 24.4 Å². The molecule has 1 unspecified atom stereocenters. The maximum atomic E-state index is 13.2. The van der Waals surface area contributed by atoms with Gasteiger partial charge in [-0.2, -0.15) is 0 Å². The van der Waals surface area contributed by atoms with Crippen LogP contribution in [0.1, 0.15) is 27.7 Å². The van der Waals surface area contributed by atoms with Crippen molar-refractivity contribution in [2.75, 3.05) is 19.6 Å². The summed E-state index contributed by atoms with van der Waals surface area (Å²) in [5.74, 6) is 0.381. The lowest BCUT2D eigenvalue weighted by Crippen LogP contribution is -2.48. The van der Waals surface area contributed by atoms with Crippen LogP contribution in [-0.2, 0) is 0 Å². The SMILES string of the molecule is Cc1c(C(=O)N2CCNCC2c2cccnc2)oc2ccccc12.Cl. The summed E-state index contributed by atoms with van der Waals surface area (Å²) in [4.78, 5) is 19.2. The first kappa shape index (κ1) is 17.5. The first-order valence-electron chi connectivity index (χ1n) is 8.15. The molecule has 3 heterocycles. The molecular formula is C19H20ClN3O2. The standard InChI is InChI=1S/C19H19N3O2.ClH/c1-13-15-6-2-3-7-17(15)24-18(13)19(23)22-10-9-21-12-16(22)14-5-4-8-20-11-14;/h2-8,11,16,21H,9-10,12H2,1H3;1H.